The average Bonchev–Trinajstić information content (AvgIpc) is 3.51. The average molecular weight is 474 g/mol. The molecule has 1 atom stereocenters. The van der Waals surface area contributed by atoms with Crippen LogP contribution < -0.4 is 5.32 Å². The number of fused-ring (bicyclic) bond motifs is 1. The standard InChI is InChI=1S/C24H28FN3O6/c1-6-33-21(31)15(19(30)24(10-11-24)28-22(32)34-23(3,4)5)12-17(29)14-8-7-9-16-18(14)27-20(25)13(2)26-16/h7-9,15H,6,10-12H2,1-5H3,(H,28,32). The summed E-state index contributed by atoms with van der Waals surface area (Å²) in [6.45, 7) is 8.10. The number of hydrogen-bond acceptors (Lipinski definition) is 8. The molecule has 1 amide bonds. The first-order valence-electron chi connectivity index (χ1n) is 11.0. The van der Waals surface area contributed by atoms with E-state index in [4.69, 9.17) is 9.47 Å². The van der Waals surface area contributed by atoms with Crippen LogP contribution in [0.3, 0.4) is 0 Å². The predicted octanol–water partition coefficient (Wildman–Crippen LogP) is 3.46. The third kappa shape index (κ3) is 5.55. The first kappa shape index (κ1) is 25.2. The van der Waals surface area contributed by atoms with Gasteiger partial charge in [-0.2, -0.15) is 4.39 Å². The second-order valence-corrected chi connectivity index (χ2v) is 9.28. The quantitative estimate of drug-likeness (QED) is 0.351. The lowest BCUT2D eigenvalue weighted by atomic mass is 9.89. The number of para-hydroxylation sites is 1. The van der Waals surface area contributed by atoms with E-state index in [0.29, 0.717) is 18.4 Å². The van der Waals surface area contributed by atoms with E-state index < -0.39 is 53.1 Å². The molecule has 3 rings (SSSR count). The molecule has 1 aromatic heterocycles. The maximum Gasteiger partial charge on any atom is 0.408 e. The number of hydrogen-bond donors (Lipinski definition) is 1. The van der Waals surface area contributed by atoms with Crippen molar-refractivity contribution in [1.29, 1.82) is 0 Å². The van der Waals surface area contributed by atoms with Gasteiger partial charge in [-0.1, -0.05) is 6.07 Å². The van der Waals surface area contributed by atoms with Gasteiger partial charge in [-0.05, 0) is 59.6 Å². The first-order valence-corrected chi connectivity index (χ1v) is 11.0. The van der Waals surface area contributed by atoms with E-state index in [1.54, 1.807) is 39.8 Å². The van der Waals surface area contributed by atoms with Crippen molar-refractivity contribution in [3.05, 3.63) is 35.4 Å². The Bertz CT molecular complexity index is 1150. The van der Waals surface area contributed by atoms with Crippen LogP contribution in [-0.4, -0.2) is 51.3 Å². The van der Waals surface area contributed by atoms with Gasteiger partial charge in [-0.25, -0.2) is 14.8 Å². The highest BCUT2D eigenvalue weighted by molar-refractivity contribution is 6.13. The maximum atomic E-state index is 14.0. The molecule has 0 bridgehead atoms. The Morgan fingerprint density at radius 1 is 1.18 bits per heavy atom. The summed E-state index contributed by atoms with van der Waals surface area (Å²) in [5.41, 5.74) is -1.60. The molecule has 1 aromatic carbocycles. The molecular formula is C24H28FN3O6. The van der Waals surface area contributed by atoms with Gasteiger partial charge in [0.1, 0.15) is 22.6 Å². The molecule has 1 aliphatic rings. The zero-order chi connectivity index (χ0) is 25.3. The molecule has 1 saturated carbocycles. The summed E-state index contributed by atoms with van der Waals surface area (Å²) >= 11 is 0. The van der Waals surface area contributed by atoms with Crippen LogP contribution in [0.5, 0.6) is 0 Å². The van der Waals surface area contributed by atoms with Gasteiger partial charge in [-0.15, -0.1) is 0 Å². The van der Waals surface area contributed by atoms with Crippen LogP contribution in [0.4, 0.5) is 9.18 Å². The van der Waals surface area contributed by atoms with Crippen molar-refractivity contribution < 1.29 is 33.0 Å². The van der Waals surface area contributed by atoms with E-state index in [1.165, 1.54) is 13.0 Å². The summed E-state index contributed by atoms with van der Waals surface area (Å²) in [6.07, 6.45) is -0.702. The van der Waals surface area contributed by atoms with E-state index in [9.17, 15) is 23.6 Å². The molecule has 0 saturated heterocycles. The molecule has 10 heteroatoms. The normalized spacial score (nSPS) is 15.4. The van der Waals surface area contributed by atoms with Gasteiger partial charge in [0.05, 0.1) is 17.8 Å². The number of esters is 1. The van der Waals surface area contributed by atoms with Crippen molar-refractivity contribution in [1.82, 2.24) is 15.3 Å². The van der Waals surface area contributed by atoms with Crippen LogP contribution in [0.1, 0.15) is 63.0 Å². The van der Waals surface area contributed by atoms with Gasteiger partial charge in [0.2, 0.25) is 5.95 Å². The SMILES string of the molecule is CCOC(=O)C(CC(=O)c1cccc2nc(C)c(F)nc12)C(=O)C1(NC(=O)OC(C)(C)C)CC1. The van der Waals surface area contributed by atoms with Crippen molar-refractivity contribution in [2.75, 3.05) is 6.61 Å². The largest absolute Gasteiger partial charge is 0.465 e. The highest BCUT2D eigenvalue weighted by Crippen LogP contribution is 2.40. The number of amides is 1. The molecule has 2 aromatic rings. The van der Waals surface area contributed by atoms with Crippen LogP contribution in [-0.2, 0) is 19.1 Å². The Balaban J connectivity index is 1.88. The molecule has 1 aliphatic carbocycles. The maximum absolute atomic E-state index is 14.0. The summed E-state index contributed by atoms with van der Waals surface area (Å²) in [5.74, 6) is -4.36. The van der Waals surface area contributed by atoms with Crippen LogP contribution in [0, 0.1) is 18.8 Å². The number of nitrogens with zero attached hydrogens (tertiary/aromatic N) is 2. The Morgan fingerprint density at radius 2 is 1.85 bits per heavy atom. The van der Waals surface area contributed by atoms with Gasteiger partial charge in [-0.3, -0.25) is 14.4 Å². The molecule has 0 aliphatic heterocycles. The third-order valence-corrected chi connectivity index (χ3v) is 5.35. The number of halogens is 1. The lowest BCUT2D eigenvalue weighted by Gasteiger charge is -2.25. The number of rotatable bonds is 8. The van der Waals surface area contributed by atoms with Gasteiger partial charge in [0.15, 0.2) is 11.6 Å². The van der Waals surface area contributed by atoms with Gasteiger partial charge < -0.3 is 14.8 Å². The predicted molar refractivity (Wildman–Crippen MR) is 120 cm³/mol. The Hall–Kier alpha value is -3.43. The van der Waals surface area contributed by atoms with Gasteiger partial charge >= 0.3 is 12.1 Å². The summed E-state index contributed by atoms with van der Waals surface area (Å²) in [6, 6.07) is 4.59. The fraction of sp³-hybridized carbons (Fsp3) is 0.500. The number of Topliss-reactive ketones (excluding diaryl/α,β-unsaturated/α-hetero) is 2. The number of aryl methyl sites for hydroxylation is 1. The highest BCUT2D eigenvalue weighted by atomic mass is 19.1. The Kier molecular flexibility index (Phi) is 6.99. The summed E-state index contributed by atoms with van der Waals surface area (Å²) in [7, 11) is 0. The number of alkyl carbamates (subject to hydrolysis) is 1. The van der Waals surface area contributed by atoms with Crippen LogP contribution in [0.25, 0.3) is 11.0 Å². The van der Waals surface area contributed by atoms with E-state index in [-0.39, 0.29) is 23.4 Å². The molecule has 34 heavy (non-hydrogen) atoms. The Labute approximate surface area is 196 Å². The molecule has 182 valence electrons. The van der Waals surface area contributed by atoms with Crippen LogP contribution in [0.15, 0.2) is 18.2 Å². The van der Waals surface area contributed by atoms with Gasteiger partial charge in [0, 0.05) is 12.0 Å². The van der Waals surface area contributed by atoms with Crippen molar-refractivity contribution >= 4 is 34.7 Å². The number of benzene rings is 1. The summed E-state index contributed by atoms with van der Waals surface area (Å²) < 4.78 is 24.3. The Morgan fingerprint density at radius 3 is 2.44 bits per heavy atom. The van der Waals surface area contributed by atoms with Crippen molar-refractivity contribution in [2.24, 2.45) is 5.92 Å². The van der Waals surface area contributed by atoms with E-state index in [2.05, 4.69) is 15.3 Å². The third-order valence-electron chi connectivity index (χ3n) is 5.35. The number of carbonyl (C=O) groups excluding carboxylic acids is 4. The summed E-state index contributed by atoms with van der Waals surface area (Å²) in [4.78, 5) is 59.4. The molecule has 1 unspecified atom stereocenters. The van der Waals surface area contributed by atoms with Crippen molar-refractivity contribution in [2.45, 2.75) is 65.0 Å². The topological polar surface area (TPSA) is 125 Å². The second-order valence-electron chi connectivity index (χ2n) is 9.28. The molecule has 1 fully saturated rings. The minimum absolute atomic E-state index is 0.00747. The van der Waals surface area contributed by atoms with Crippen LogP contribution in [0.2, 0.25) is 0 Å². The fourth-order valence-electron chi connectivity index (χ4n) is 3.58. The minimum atomic E-state index is -1.46. The zero-order valence-corrected chi connectivity index (χ0v) is 19.9. The lowest BCUT2D eigenvalue weighted by Crippen LogP contribution is -2.49. The van der Waals surface area contributed by atoms with E-state index in [0.717, 1.165) is 0 Å². The second kappa shape index (κ2) is 9.44. The number of nitrogens with one attached hydrogen (secondary N) is 1. The zero-order valence-electron chi connectivity index (χ0n) is 19.9. The molecule has 1 N–H and O–H groups in total. The number of aromatic nitrogens is 2. The lowest BCUT2D eigenvalue weighted by molar-refractivity contribution is -0.152. The first-order chi connectivity index (χ1) is 15.9. The van der Waals surface area contributed by atoms with E-state index >= 15 is 0 Å². The summed E-state index contributed by atoms with van der Waals surface area (Å²) in [5, 5.41) is 2.56. The van der Waals surface area contributed by atoms with E-state index in [1.807, 2.05) is 0 Å². The van der Waals surface area contributed by atoms with Gasteiger partial charge in [0.25, 0.3) is 0 Å². The molecule has 0 spiro atoms. The molecule has 0 radical (unpaired) electrons. The molecule has 1 heterocycles. The fourth-order valence-corrected chi connectivity index (χ4v) is 3.58. The minimum Gasteiger partial charge on any atom is -0.465 e. The smallest absolute Gasteiger partial charge is 0.408 e. The molecule has 9 nitrogen and oxygen atoms in total. The highest BCUT2D eigenvalue weighted by Gasteiger charge is 2.55. The van der Waals surface area contributed by atoms with Crippen molar-refractivity contribution in [3.63, 3.8) is 0 Å². The number of ketones is 2. The van der Waals surface area contributed by atoms with Crippen LogP contribution >= 0.6 is 0 Å². The number of carbonyl (C=O) groups is 4. The molecular weight excluding hydrogens is 445 g/mol. The number of ether oxygens (including phenoxy) is 2. The van der Waals surface area contributed by atoms with Crippen molar-refractivity contribution in [3.8, 4) is 0 Å². The monoisotopic (exact) mass is 473 g/mol.